The highest BCUT2D eigenvalue weighted by atomic mass is 16.5. The topological polar surface area (TPSA) is 55.8 Å². The Bertz CT molecular complexity index is 764. The highest BCUT2D eigenvalue weighted by molar-refractivity contribution is 6.14. The summed E-state index contributed by atoms with van der Waals surface area (Å²) in [5.41, 5.74) is 2.39. The lowest BCUT2D eigenvalue weighted by molar-refractivity contribution is 0.0342. The summed E-state index contributed by atoms with van der Waals surface area (Å²) >= 11 is 0. The number of nitrogens with zero attached hydrogens (tertiary/aromatic N) is 1. The predicted molar refractivity (Wildman–Crippen MR) is 98.4 cm³/mol. The van der Waals surface area contributed by atoms with E-state index >= 15 is 0 Å². The van der Waals surface area contributed by atoms with Gasteiger partial charge in [0.1, 0.15) is 0 Å². The molecule has 2 aromatic rings. The van der Waals surface area contributed by atoms with Gasteiger partial charge >= 0.3 is 5.97 Å². The van der Waals surface area contributed by atoms with Gasteiger partial charge in [-0.15, -0.1) is 0 Å². The van der Waals surface area contributed by atoms with E-state index < -0.39 is 5.97 Å². The van der Waals surface area contributed by atoms with Crippen LogP contribution in [0.15, 0.2) is 48.5 Å². The molecule has 0 unspecified atom stereocenters. The normalized spacial score (nSPS) is 14.8. The quantitative estimate of drug-likeness (QED) is 0.590. The zero-order valence-electron chi connectivity index (χ0n) is 14.9. The Labute approximate surface area is 153 Å². The summed E-state index contributed by atoms with van der Waals surface area (Å²) in [4.78, 5) is 27.3. The molecule has 0 spiro atoms. The third-order valence-corrected chi connectivity index (χ3v) is 4.39. The minimum absolute atomic E-state index is 0.174. The minimum Gasteiger partial charge on any atom is -0.462 e. The number of carbonyl (C=O) groups excluding carboxylic acids is 2. The number of carbonyl (C=O) groups is 2. The average molecular weight is 353 g/mol. The fourth-order valence-corrected chi connectivity index (χ4v) is 3.00. The van der Waals surface area contributed by atoms with Gasteiger partial charge in [0.25, 0.3) is 0 Å². The number of hydrogen-bond acceptors (Lipinski definition) is 5. The van der Waals surface area contributed by atoms with Crippen molar-refractivity contribution in [1.82, 2.24) is 4.90 Å². The van der Waals surface area contributed by atoms with Crippen LogP contribution in [-0.2, 0) is 16.0 Å². The van der Waals surface area contributed by atoms with Crippen LogP contribution in [0, 0.1) is 0 Å². The second-order valence-corrected chi connectivity index (χ2v) is 6.18. The van der Waals surface area contributed by atoms with E-state index in [0.29, 0.717) is 16.7 Å². The molecule has 0 atom stereocenters. The summed E-state index contributed by atoms with van der Waals surface area (Å²) in [6.07, 6.45) is 0. The summed E-state index contributed by atoms with van der Waals surface area (Å²) in [5, 5.41) is 0. The molecule has 0 aliphatic carbocycles. The second-order valence-electron chi connectivity index (χ2n) is 6.18. The van der Waals surface area contributed by atoms with Crippen LogP contribution in [-0.4, -0.2) is 49.6 Å². The molecule has 1 saturated heterocycles. The highest BCUT2D eigenvalue weighted by Crippen LogP contribution is 2.17. The van der Waals surface area contributed by atoms with Crippen molar-refractivity contribution in [3.8, 4) is 0 Å². The van der Waals surface area contributed by atoms with Crippen LogP contribution in [0.3, 0.4) is 0 Å². The molecular formula is C21H23NO4. The van der Waals surface area contributed by atoms with Crippen LogP contribution in [0.25, 0.3) is 0 Å². The lowest BCUT2D eigenvalue weighted by Crippen LogP contribution is -2.35. The molecule has 0 saturated carbocycles. The summed E-state index contributed by atoms with van der Waals surface area (Å²) in [6, 6.07) is 14.3. The zero-order valence-corrected chi connectivity index (χ0v) is 14.9. The van der Waals surface area contributed by atoms with E-state index in [0.717, 1.165) is 38.4 Å². The first-order chi connectivity index (χ1) is 12.7. The van der Waals surface area contributed by atoms with E-state index in [1.54, 1.807) is 31.2 Å². The van der Waals surface area contributed by atoms with Crippen molar-refractivity contribution >= 4 is 11.8 Å². The maximum atomic E-state index is 12.8. The van der Waals surface area contributed by atoms with Gasteiger partial charge in [0.05, 0.1) is 25.4 Å². The standard InChI is InChI=1S/C21H23NO4/c1-2-26-21(24)19-6-4-3-5-18(19)20(23)17-9-7-16(8-10-17)15-22-11-13-25-14-12-22/h3-10H,2,11-15H2,1H3. The molecule has 1 aliphatic heterocycles. The number of benzene rings is 2. The molecule has 0 bridgehead atoms. The Kier molecular flexibility index (Phi) is 6.15. The van der Waals surface area contributed by atoms with Crippen LogP contribution in [0.1, 0.15) is 38.8 Å². The Morgan fingerprint density at radius 2 is 1.65 bits per heavy atom. The van der Waals surface area contributed by atoms with Gasteiger partial charge in [-0.25, -0.2) is 4.79 Å². The molecule has 0 N–H and O–H groups in total. The molecule has 0 amide bonds. The van der Waals surface area contributed by atoms with Gasteiger partial charge in [0.15, 0.2) is 5.78 Å². The van der Waals surface area contributed by atoms with Gasteiger partial charge in [0, 0.05) is 30.8 Å². The van der Waals surface area contributed by atoms with Gasteiger partial charge in [-0.05, 0) is 18.6 Å². The first-order valence-electron chi connectivity index (χ1n) is 8.89. The average Bonchev–Trinajstić information content (AvgIpc) is 2.69. The number of hydrogen-bond donors (Lipinski definition) is 0. The zero-order chi connectivity index (χ0) is 18.4. The lowest BCUT2D eigenvalue weighted by atomic mass is 9.97. The SMILES string of the molecule is CCOC(=O)c1ccccc1C(=O)c1ccc(CN2CCOCC2)cc1. The Morgan fingerprint density at radius 3 is 2.31 bits per heavy atom. The fraction of sp³-hybridized carbons (Fsp3) is 0.333. The molecule has 2 aromatic carbocycles. The number of rotatable bonds is 6. The first-order valence-corrected chi connectivity index (χ1v) is 8.89. The van der Waals surface area contributed by atoms with Crippen molar-refractivity contribution in [1.29, 1.82) is 0 Å². The Balaban J connectivity index is 1.75. The van der Waals surface area contributed by atoms with Crippen molar-refractivity contribution in [3.63, 3.8) is 0 Å². The van der Waals surface area contributed by atoms with Crippen molar-refractivity contribution in [2.24, 2.45) is 0 Å². The molecule has 136 valence electrons. The highest BCUT2D eigenvalue weighted by Gasteiger charge is 2.19. The van der Waals surface area contributed by atoms with Crippen molar-refractivity contribution in [2.75, 3.05) is 32.9 Å². The van der Waals surface area contributed by atoms with Crippen LogP contribution in [0.4, 0.5) is 0 Å². The van der Waals surface area contributed by atoms with Crippen LogP contribution in [0.5, 0.6) is 0 Å². The fourth-order valence-electron chi connectivity index (χ4n) is 3.00. The van der Waals surface area contributed by atoms with E-state index in [2.05, 4.69) is 4.90 Å². The third kappa shape index (κ3) is 4.36. The number of morpholine rings is 1. The summed E-state index contributed by atoms with van der Waals surface area (Å²) in [5.74, 6) is -0.646. The first kappa shape index (κ1) is 18.3. The van der Waals surface area contributed by atoms with E-state index in [4.69, 9.17) is 9.47 Å². The number of ether oxygens (including phenoxy) is 2. The molecule has 1 aliphatic rings. The summed E-state index contributed by atoms with van der Waals surface area (Å²) < 4.78 is 10.4. The molecule has 1 heterocycles. The summed E-state index contributed by atoms with van der Waals surface area (Å²) in [7, 11) is 0. The smallest absolute Gasteiger partial charge is 0.338 e. The van der Waals surface area contributed by atoms with Gasteiger partial charge in [-0.3, -0.25) is 9.69 Å². The molecular weight excluding hydrogens is 330 g/mol. The Morgan fingerprint density at radius 1 is 1.00 bits per heavy atom. The van der Waals surface area contributed by atoms with Crippen molar-refractivity contribution in [3.05, 3.63) is 70.8 Å². The van der Waals surface area contributed by atoms with Crippen LogP contribution >= 0.6 is 0 Å². The predicted octanol–water partition coefficient (Wildman–Crippen LogP) is 2.93. The second kappa shape index (κ2) is 8.74. The molecule has 5 heteroatoms. The maximum Gasteiger partial charge on any atom is 0.338 e. The maximum absolute atomic E-state index is 12.8. The number of ketones is 1. The molecule has 3 rings (SSSR count). The lowest BCUT2D eigenvalue weighted by Gasteiger charge is -2.26. The van der Waals surface area contributed by atoms with E-state index in [1.165, 1.54) is 0 Å². The molecule has 26 heavy (non-hydrogen) atoms. The Hall–Kier alpha value is -2.50. The molecule has 1 fully saturated rings. The third-order valence-electron chi connectivity index (χ3n) is 4.39. The molecule has 0 radical (unpaired) electrons. The van der Waals surface area contributed by atoms with Gasteiger partial charge in [0.2, 0.25) is 0 Å². The number of esters is 1. The summed E-state index contributed by atoms with van der Waals surface area (Å²) in [6.45, 7) is 6.24. The van der Waals surface area contributed by atoms with Gasteiger partial charge in [-0.2, -0.15) is 0 Å². The van der Waals surface area contributed by atoms with E-state index in [9.17, 15) is 9.59 Å². The minimum atomic E-state index is -0.472. The molecule has 5 nitrogen and oxygen atoms in total. The largest absolute Gasteiger partial charge is 0.462 e. The van der Waals surface area contributed by atoms with E-state index in [-0.39, 0.29) is 12.4 Å². The van der Waals surface area contributed by atoms with Crippen LogP contribution in [0.2, 0.25) is 0 Å². The van der Waals surface area contributed by atoms with Crippen LogP contribution < -0.4 is 0 Å². The molecule has 0 aromatic heterocycles. The monoisotopic (exact) mass is 353 g/mol. The van der Waals surface area contributed by atoms with Crippen molar-refractivity contribution in [2.45, 2.75) is 13.5 Å². The van der Waals surface area contributed by atoms with Crippen molar-refractivity contribution < 1.29 is 19.1 Å². The van der Waals surface area contributed by atoms with E-state index in [1.807, 2.05) is 24.3 Å². The van der Waals surface area contributed by atoms with Gasteiger partial charge in [-0.1, -0.05) is 42.5 Å². The van der Waals surface area contributed by atoms with Gasteiger partial charge < -0.3 is 9.47 Å².